The zero-order valence-corrected chi connectivity index (χ0v) is 10.2. The number of ether oxygens (including phenoxy) is 1. The molecule has 0 radical (unpaired) electrons. The van der Waals surface area contributed by atoms with Crippen LogP contribution in [0.15, 0.2) is 18.2 Å². The molecule has 0 aromatic heterocycles. The minimum Gasteiger partial charge on any atom is -0.491 e. The molecule has 0 aliphatic carbocycles. The molecule has 6 heteroatoms. The van der Waals surface area contributed by atoms with E-state index in [0.717, 1.165) is 4.90 Å². The Labute approximate surface area is 103 Å². The molecule has 2 nitrogen and oxygen atoms in total. The Hall–Kier alpha value is -1.30. The van der Waals surface area contributed by atoms with Gasteiger partial charge in [0.15, 0.2) is 11.6 Å². The third-order valence-electron chi connectivity index (χ3n) is 2.20. The summed E-state index contributed by atoms with van der Waals surface area (Å²) in [5.41, 5.74) is 0.475. The van der Waals surface area contributed by atoms with Crippen LogP contribution < -0.4 is 4.74 Å². The van der Waals surface area contributed by atoms with Gasteiger partial charge in [0.1, 0.15) is 0 Å². The number of alkyl halides is 3. The van der Waals surface area contributed by atoms with Gasteiger partial charge in [0.25, 0.3) is 0 Å². The molecule has 0 saturated carbocycles. The smallest absolute Gasteiger partial charge is 0.401 e. The van der Waals surface area contributed by atoms with Crippen molar-refractivity contribution in [3.63, 3.8) is 0 Å². The lowest BCUT2D eigenvalue weighted by Crippen LogP contribution is -2.30. The van der Waals surface area contributed by atoms with Crippen molar-refractivity contribution in [2.24, 2.45) is 0 Å². The molecule has 18 heavy (non-hydrogen) atoms. The molecule has 0 N–H and O–H groups in total. The highest BCUT2D eigenvalue weighted by Gasteiger charge is 2.29. The first-order valence-electron chi connectivity index (χ1n) is 5.48. The molecule has 0 aliphatic rings. The minimum absolute atomic E-state index is 0.0306. The van der Waals surface area contributed by atoms with Crippen LogP contribution in [0, 0.1) is 5.82 Å². The van der Waals surface area contributed by atoms with E-state index >= 15 is 0 Å². The van der Waals surface area contributed by atoms with Gasteiger partial charge in [0.2, 0.25) is 0 Å². The van der Waals surface area contributed by atoms with E-state index in [-0.39, 0.29) is 12.3 Å². The SMILES string of the molecule is CCOc1ccc(CN(C)CC(F)(F)F)cc1F. The molecule has 1 aromatic carbocycles. The van der Waals surface area contributed by atoms with Crippen LogP contribution in [0.3, 0.4) is 0 Å². The normalized spacial score (nSPS) is 11.9. The second-order valence-electron chi connectivity index (χ2n) is 3.99. The van der Waals surface area contributed by atoms with Gasteiger partial charge in [0, 0.05) is 6.54 Å². The molecule has 1 aromatic rings. The maximum absolute atomic E-state index is 13.5. The van der Waals surface area contributed by atoms with E-state index in [1.807, 2.05) is 0 Å². The van der Waals surface area contributed by atoms with Crippen LogP contribution in [0.5, 0.6) is 5.75 Å². The van der Waals surface area contributed by atoms with Crippen LogP contribution in [0.2, 0.25) is 0 Å². The zero-order chi connectivity index (χ0) is 13.8. The van der Waals surface area contributed by atoms with Crippen molar-refractivity contribution in [1.29, 1.82) is 0 Å². The third kappa shape index (κ3) is 4.91. The minimum atomic E-state index is -4.25. The van der Waals surface area contributed by atoms with Gasteiger partial charge < -0.3 is 4.74 Å². The summed E-state index contributed by atoms with van der Waals surface area (Å²) in [6.07, 6.45) is -4.25. The summed E-state index contributed by atoms with van der Waals surface area (Å²) in [7, 11) is 1.34. The summed E-state index contributed by atoms with van der Waals surface area (Å²) in [5.74, 6) is -0.450. The van der Waals surface area contributed by atoms with Crippen molar-refractivity contribution >= 4 is 0 Å². The lowest BCUT2D eigenvalue weighted by molar-refractivity contribution is -0.144. The largest absolute Gasteiger partial charge is 0.491 e. The Morgan fingerprint density at radius 2 is 1.94 bits per heavy atom. The van der Waals surface area contributed by atoms with Gasteiger partial charge in [-0.25, -0.2) is 4.39 Å². The molecule has 0 bridgehead atoms. The average molecular weight is 265 g/mol. The van der Waals surface area contributed by atoms with Crippen molar-refractivity contribution in [2.75, 3.05) is 20.2 Å². The quantitative estimate of drug-likeness (QED) is 0.758. The molecular formula is C12H15F4NO. The topological polar surface area (TPSA) is 12.5 Å². The van der Waals surface area contributed by atoms with E-state index in [1.165, 1.54) is 19.2 Å². The summed E-state index contributed by atoms with van der Waals surface area (Å²) < 4.78 is 54.8. The fraction of sp³-hybridized carbons (Fsp3) is 0.500. The monoisotopic (exact) mass is 265 g/mol. The number of benzene rings is 1. The van der Waals surface area contributed by atoms with Crippen LogP contribution in [0.4, 0.5) is 17.6 Å². The Morgan fingerprint density at radius 1 is 1.28 bits per heavy atom. The van der Waals surface area contributed by atoms with Gasteiger partial charge >= 0.3 is 6.18 Å². The van der Waals surface area contributed by atoms with Crippen molar-refractivity contribution < 1.29 is 22.3 Å². The standard InChI is InChI=1S/C12H15F4NO/c1-3-18-11-5-4-9(6-10(11)13)7-17(2)8-12(14,15)16/h4-6H,3,7-8H2,1-2H3. The van der Waals surface area contributed by atoms with E-state index < -0.39 is 18.5 Å². The molecule has 0 saturated heterocycles. The fourth-order valence-electron chi connectivity index (χ4n) is 1.59. The summed E-state index contributed by atoms with van der Waals surface area (Å²) >= 11 is 0. The number of halogens is 4. The van der Waals surface area contributed by atoms with Crippen LogP contribution >= 0.6 is 0 Å². The van der Waals surface area contributed by atoms with Crippen LogP contribution in [0.1, 0.15) is 12.5 Å². The molecule has 0 heterocycles. The van der Waals surface area contributed by atoms with Crippen LogP contribution in [-0.2, 0) is 6.54 Å². The van der Waals surface area contributed by atoms with Gasteiger partial charge in [-0.3, -0.25) is 4.90 Å². The Kier molecular flexibility index (Phi) is 4.95. The van der Waals surface area contributed by atoms with Crippen LogP contribution in [-0.4, -0.2) is 31.3 Å². The summed E-state index contributed by atoms with van der Waals surface area (Å²) in [4.78, 5) is 1.08. The molecule has 0 atom stereocenters. The first-order valence-corrected chi connectivity index (χ1v) is 5.48. The van der Waals surface area contributed by atoms with E-state index in [2.05, 4.69) is 0 Å². The first kappa shape index (κ1) is 14.8. The van der Waals surface area contributed by atoms with Crippen molar-refractivity contribution in [3.05, 3.63) is 29.6 Å². The molecule has 0 aliphatic heterocycles. The number of nitrogens with zero attached hydrogens (tertiary/aromatic N) is 1. The van der Waals surface area contributed by atoms with Gasteiger partial charge in [-0.15, -0.1) is 0 Å². The summed E-state index contributed by atoms with van der Waals surface area (Å²) in [5, 5.41) is 0. The molecule has 0 fully saturated rings. The summed E-state index contributed by atoms with van der Waals surface area (Å²) in [6, 6.07) is 4.18. The first-order chi connectivity index (χ1) is 8.31. The molecule has 1 rings (SSSR count). The predicted octanol–water partition coefficient (Wildman–Crippen LogP) is 3.22. The number of hydrogen-bond acceptors (Lipinski definition) is 2. The molecule has 0 amide bonds. The van der Waals surface area contributed by atoms with Crippen LogP contribution in [0.25, 0.3) is 0 Å². The number of hydrogen-bond donors (Lipinski definition) is 0. The highest BCUT2D eigenvalue weighted by molar-refractivity contribution is 5.29. The lowest BCUT2D eigenvalue weighted by Gasteiger charge is -2.18. The highest BCUT2D eigenvalue weighted by atomic mass is 19.4. The van der Waals surface area contributed by atoms with Crippen molar-refractivity contribution in [2.45, 2.75) is 19.6 Å². The number of rotatable bonds is 5. The van der Waals surface area contributed by atoms with Gasteiger partial charge in [-0.1, -0.05) is 6.07 Å². The van der Waals surface area contributed by atoms with E-state index in [4.69, 9.17) is 4.74 Å². The Morgan fingerprint density at radius 3 is 2.44 bits per heavy atom. The van der Waals surface area contributed by atoms with E-state index in [1.54, 1.807) is 13.0 Å². The second kappa shape index (κ2) is 6.04. The second-order valence-corrected chi connectivity index (χ2v) is 3.99. The van der Waals surface area contributed by atoms with E-state index in [9.17, 15) is 17.6 Å². The maximum Gasteiger partial charge on any atom is 0.401 e. The van der Waals surface area contributed by atoms with Gasteiger partial charge in [-0.2, -0.15) is 13.2 Å². The fourth-order valence-corrected chi connectivity index (χ4v) is 1.59. The average Bonchev–Trinajstić information content (AvgIpc) is 2.19. The van der Waals surface area contributed by atoms with Crippen molar-refractivity contribution in [3.8, 4) is 5.75 Å². The van der Waals surface area contributed by atoms with Crippen molar-refractivity contribution in [1.82, 2.24) is 4.90 Å². The zero-order valence-electron chi connectivity index (χ0n) is 10.2. The molecule has 102 valence electrons. The Bertz CT molecular complexity index is 392. The van der Waals surface area contributed by atoms with E-state index in [0.29, 0.717) is 12.2 Å². The molecular weight excluding hydrogens is 250 g/mol. The maximum atomic E-state index is 13.5. The predicted molar refractivity (Wildman–Crippen MR) is 60.0 cm³/mol. The van der Waals surface area contributed by atoms with Gasteiger partial charge in [-0.05, 0) is 31.7 Å². The summed E-state index contributed by atoms with van der Waals surface area (Å²) in [6.45, 7) is 1.07. The third-order valence-corrected chi connectivity index (χ3v) is 2.20. The molecule has 0 spiro atoms. The highest BCUT2D eigenvalue weighted by Crippen LogP contribution is 2.20. The lowest BCUT2D eigenvalue weighted by atomic mass is 10.2. The Balaban J connectivity index is 2.65. The molecule has 0 unspecified atom stereocenters. The van der Waals surface area contributed by atoms with Gasteiger partial charge in [0.05, 0.1) is 13.2 Å².